The summed E-state index contributed by atoms with van der Waals surface area (Å²) < 4.78 is 1.50. The minimum Gasteiger partial charge on any atom is -0.295 e. The van der Waals surface area contributed by atoms with E-state index in [-0.39, 0.29) is 11.5 Å². The van der Waals surface area contributed by atoms with E-state index in [4.69, 9.17) is 0 Å². The molecule has 6 heteroatoms. The molecule has 6 nitrogen and oxygen atoms in total. The Balaban J connectivity index is 1.82. The number of aromatic nitrogens is 2. The van der Waals surface area contributed by atoms with Gasteiger partial charge in [-0.25, -0.2) is 4.68 Å². The lowest BCUT2D eigenvalue weighted by molar-refractivity contribution is -0.114. The topological polar surface area (TPSA) is 70.5 Å². The summed E-state index contributed by atoms with van der Waals surface area (Å²) in [7, 11) is 0. The van der Waals surface area contributed by atoms with Crippen LogP contribution >= 0.6 is 0 Å². The summed E-state index contributed by atoms with van der Waals surface area (Å²) in [6.45, 7) is 5.42. The van der Waals surface area contributed by atoms with Crippen LogP contribution in [0.3, 0.4) is 0 Å². The summed E-state index contributed by atoms with van der Waals surface area (Å²) in [6, 6.07) is 18.6. The molecule has 2 aromatic carbocycles. The highest BCUT2D eigenvalue weighted by molar-refractivity contribution is 6.33. The van der Waals surface area contributed by atoms with E-state index in [1.54, 1.807) is 13.8 Å². The van der Waals surface area contributed by atoms with E-state index in [2.05, 4.69) is 10.2 Å². The molecule has 28 heavy (non-hydrogen) atoms. The fourth-order valence-electron chi connectivity index (χ4n) is 3.55. The van der Waals surface area contributed by atoms with Gasteiger partial charge in [0.2, 0.25) is 0 Å². The zero-order valence-corrected chi connectivity index (χ0v) is 15.9. The molecule has 1 aliphatic heterocycles. The van der Waals surface area contributed by atoms with Gasteiger partial charge in [0.05, 0.1) is 28.2 Å². The molecule has 2 heterocycles. The molecular formula is C22H20N4O2. The Kier molecular flexibility index (Phi) is 4.31. The number of nitrogens with zero attached hydrogens (tertiary/aromatic N) is 3. The maximum absolute atomic E-state index is 13.1. The van der Waals surface area contributed by atoms with Crippen LogP contribution in [-0.4, -0.2) is 21.4 Å². The molecule has 1 aromatic heterocycles. The van der Waals surface area contributed by atoms with E-state index in [9.17, 15) is 9.59 Å². The van der Waals surface area contributed by atoms with Crippen LogP contribution in [0, 0.1) is 6.92 Å². The average Bonchev–Trinajstić information content (AvgIpc) is 3.17. The number of H-pyrrole nitrogens is 1. The number of hydrogen-bond donors (Lipinski definition) is 1. The van der Waals surface area contributed by atoms with Crippen molar-refractivity contribution in [3.63, 3.8) is 0 Å². The molecule has 1 N–H and O–H groups in total. The van der Waals surface area contributed by atoms with Crippen molar-refractivity contribution < 1.29 is 4.79 Å². The number of anilines is 1. The number of carbonyl (C=O) groups is 1. The third-order valence-corrected chi connectivity index (χ3v) is 4.85. The number of para-hydroxylation sites is 2. The Morgan fingerprint density at radius 2 is 1.46 bits per heavy atom. The van der Waals surface area contributed by atoms with Crippen molar-refractivity contribution in [2.24, 2.45) is 5.10 Å². The molecule has 0 saturated heterocycles. The van der Waals surface area contributed by atoms with Crippen LogP contribution in [0.4, 0.5) is 5.69 Å². The van der Waals surface area contributed by atoms with E-state index >= 15 is 0 Å². The van der Waals surface area contributed by atoms with Crippen molar-refractivity contribution in [2.75, 3.05) is 5.01 Å². The number of rotatable bonds is 3. The number of aryl methyl sites for hydroxylation is 1. The van der Waals surface area contributed by atoms with Crippen LogP contribution in [0.15, 0.2) is 76.1 Å². The first-order valence-corrected chi connectivity index (χ1v) is 9.02. The molecule has 0 atom stereocenters. The predicted molar refractivity (Wildman–Crippen MR) is 111 cm³/mol. The van der Waals surface area contributed by atoms with Crippen LogP contribution in [0.5, 0.6) is 0 Å². The molecule has 3 aromatic rings. The van der Waals surface area contributed by atoms with Crippen molar-refractivity contribution >= 4 is 22.9 Å². The minimum absolute atomic E-state index is 0.188. The fraction of sp³-hybridized carbons (Fsp3) is 0.136. The van der Waals surface area contributed by atoms with E-state index in [0.717, 1.165) is 5.69 Å². The van der Waals surface area contributed by atoms with Crippen molar-refractivity contribution in [1.82, 2.24) is 9.78 Å². The maximum atomic E-state index is 13.1. The van der Waals surface area contributed by atoms with Gasteiger partial charge in [-0.1, -0.05) is 36.4 Å². The summed E-state index contributed by atoms with van der Waals surface area (Å²) in [5.74, 6) is -0.229. The normalized spacial score (nSPS) is 15.8. The largest absolute Gasteiger partial charge is 0.295 e. The first-order chi connectivity index (χ1) is 13.5. The van der Waals surface area contributed by atoms with Crippen molar-refractivity contribution in [1.29, 1.82) is 0 Å². The van der Waals surface area contributed by atoms with E-state index < -0.39 is 0 Å². The van der Waals surface area contributed by atoms with Crippen LogP contribution < -0.4 is 10.6 Å². The second-order valence-corrected chi connectivity index (χ2v) is 6.73. The Morgan fingerprint density at radius 1 is 0.893 bits per heavy atom. The number of benzene rings is 2. The Bertz CT molecular complexity index is 1170. The quantitative estimate of drug-likeness (QED) is 0.713. The molecule has 1 aliphatic rings. The summed E-state index contributed by atoms with van der Waals surface area (Å²) in [4.78, 5) is 26.2. The number of nitrogens with one attached hydrogen (secondary N) is 1. The van der Waals surface area contributed by atoms with Crippen LogP contribution in [0.25, 0.3) is 11.3 Å². The van der Waals surface area contributed by atoms with E-state index in [0.29, 0.717) is 33.8 Å². The molecule has 140 valence electrons. The minimum atomic E-state index is -0.229. The second-order valence-electron chi connectivity index (χ2n) is 6.73. The predicted octanol–water partition coefficient (Wildman–Crippen LogP) is 3.67. The molecular weight excluding hydrogens is 352 g/mol. The first kappa shape index (κ1) is 17.7. The number of carbonyl (C=O) groups excluding carboxylic acids is 1. The zero-order chi connectivity index (χ0) is 19.8. The lowest BCUT2D eigenvalue weighted by atomic mass is 9.99. The Morgan fingerprint density at radius 3 is 2.07 bits per heavy atom. The highest BCUT2D eigenvalue weighted by atomic mass is 16.2. The monoisotopic (exact) mass is 372 g/mol. The van der Waals surface area contributed by atoms with Crippen LogP contribution in [0.2, 0.25) is 0 Å². The smallest absolute Gasteiger partial charge is 0.280 e. The summed E-state index contributed by atoms with van der Waals surface area (Å²) in [6.07, 6.45) is 0. The zero-order valence-electron chi connectivity index (χ0n) is 15.9. The van der Waals surface area contributed by atoms with Gasteiger partial charge >= 0.3 is 0 Å². The Hall–Kier alpha value is -3.67. The lowest BCUT2D eigenvalue weighted by Crippen LogP contribution is -2.23. The van der Waals surface area contributed by atoms with Crippen molar-refractivity contribution in [2.45, 2.75) is 20.8 Å². The average molecular weight is 372 g/mol. The van der Waals surface area contributed by atoms with Gasteiger partial charge in [-0.2, -0.15) is 10.1 Å². The molecule has 0 fully saturated rings. The summed E-state index contributed by atoms with van der Waals surface area (Å²) in [5.41, 5.74) is 4.14. The number of hydrazone groups is 1. The third-order valence-electron chi connectivity index (χ3n) is 4.85. The molecule has 0 aliphatic carbocycles. The highest BCUT2D eigenvalue weighted by Gasteiger charge is 2.32. The number of allylic oxidation sites excluding steroid dienone is 1. The second kappa shape index (κ2) is 6.81. The van der Waals surface area contributed by atoms with Gasteiger partial charge in [-0.3, -0.25) is 14.7 Å². The van der Waals surface area contributed by atoms with Gasteiger partial charge in [0.1, 0.15) is 0 Å². The highest BCUT2D eigenvalue weighted by Crippen LogP contribution is 2.28. The van der Waals surface area contributed by atoms with Gasteiger partial charge in [0, 0.05) is 5.69 Å². The van der Waals surface area contributed by atoms with Gasteiger partial charge in [-0.05, 0) is 50.6 Å². The Labute approximate surface area is 162 Å². The molecule has 0 bridgehead atoms. The van der Waals surface area contributed by atoms with Gasteiger partial charge in [0.25, 0.3) is 11.5 Å². The number of amides is 1. The van der Waals surface area contributed by atoms with Gasteiger partial charge in [-0.15, -0.1) is 0 Å². The molecule has 0 saturated carbocycles. The molecule has 1 amide bonds. The summed E-state index contributed by atoms with van der Waals surface area (Å²) >= 11 is 0. The van der Waals surface area contributed by atoms with E-state index in [1.807, 2.05) is 67.6 Å². The van der Waals surface area contributed by atoms with Gasteiger partial charge in [0.15, 0.2) is 0 Å². The van der Waals surface area contributed by atoms with E-state index in [1.165, 1.54) is 9.69 Å². The van der Waals surface area contributed by atoms with Crippen molar-refractivity contribution in [3.8, 4) is 5.69 Å². The maximum Gasteiger partial charge on any atom is 0.280 e. The standard InChI is InChI=1S/C22H20N4O2/c1-14(19-15(2)23-25(21(19)27)17-10-6-4-7-11-17)20-16(3)24-26(22(20)28)18-12-8-5-9-13-18/h4-13,23H,1-3H3/b20-14-. The lowest BCUT2D eigenvalue weighted by Gasteiger charge is -2.12. The fourth-order valence-corrected chi connectivity index (χ4v) is 3.55. The molecule has 4 rings (SSSR count). The SMILES string of the molecule is CC1=NN(c2ccccc2)C(=O)/C1=C(/C)c1c(C)[nH]n(-c2ccccc2)c1=O. The summed E-state index contributed by atoms with van der Waals surface area (Å²) in [5, 5.41) is 8.91. The van der Waals surface area contributed by atoms with Crippen molar-refractivity contribution in [3.05, 3.63) is 87.8 Å². The van der Waals surface area contributed by atoms with Gasteiger partial charge < -0.3 is 0 Å². The molecule has 0 spiro atoms. The first-order valence-electron chi connectivity index (χ1n) is 9.02. The molecule has 0 radical (unpaired) electrons. The molecule has 0 unspecified atom stereocenters. The van der Waals surface area contributed by atoms with Crippen LogP contribution in [0.1, 0.15) is 25.1 Å². The van der Waals surface area contributed by atoms with Crippen LogP contribution in [-0.2, 0) is 4.79 Å². The number of hydrogen-bond acceptors (Lipinski definition) is 3. The third kappa shape index (κ3) is 2.79. The number of aromatic amines is 1.